The van der Waals surface area contributed by atoms with Crippen molar-refractivity contribution in [3.63, 3.8) is 0 Å². The number of rotatable bonds is 5. The summed E-state index contributed by atoms with van der Waals surface area (Å²) < 4.78 is 34.9. The zero-order valence-corrected chi connectivity index (χ0v) is 9.36. The Morgan fingerprint density at radius 1 is 1.38 bits per heavy atom. The molecular formula is C7H8O7S2. The second kappa shape index (κ2) is 5.59. The van der Waals surface area contributed by atoms with E-state index in [-0.39, 0.29) is 10.5 Å². The number of aliphatic hydroxyl groups excluding tert-OH is 1. The van der Waals surface area contributed by atoms with Gasteiger partial charge >= 0.3 is 0 Å². The lowest BCUT2D eigenvalue weighted by molar-refractivity contribution is -0.432. The molecule has 9 heteroatoms. The second-order valence-electron chi connectivity index (χ2n) is 2.63. The molecule has 0 atom stereocenters. The van der Waals surface area contributed by atoms with Crippen molar-refractivity contribution in [2.24, 2.45) is 0 Å². The van der Waals surface area contributed by atoms with Gasteiger partial charge in [0.2, 0.25) is 0 Å². The Balaban J connectivity index is 3.12. The van der Waals surface area contributed by atoms with E-state index in [2.05, 4.69) is 9.37 Å². The van der Waals surface area contributed by atoms with Crippen molar-refractivity contribution < 1.29 is 32.7 Å². The fourth-order valence-corrected chi connectivity index (χ4v) is 2.22. The Hall–Kier alpha value is -0.680. The maximum absolute atomic E-state index is 11.0. The summed E-state index contributed by atoms with van der Waals surface area (Å²) in [5, 5.41) is 20.1. The molecule has 1 aromatic rings. The Morgan fingerprint density at radius 2 is 2.06 bits per heavy atom. The lowest BCUT2D eigenvalue weighted by Gasteiger charge is -2.05. The molecule has 0 aliphatic heterocycles. The third kappa shape index (κ3) is 3.42. The third-order valence-corrected chi connectivity index (χ3v) is 3.16. The molecule has 16 heavy (non-hydrogen) atoms. The summed E-state index contributed by atoms with van der Waals surface area (Å²) in [6.07, 6.45) is 0. The quantitative estimate of drug-likeness (QED) is 0.312. The predicted molar refractivity (Wildman–Crippen MR) is 52.8 cm³/mol. The van der Waals surface area contributed by atoms with Gasteiger partial charge in [0.05, 0.1) is 18.6 Å². The van der Waals surface area contributed by atoms with Crippen molar-refractivity contribution in [1.29, 1.82) is 0 Å². The van der Waals surface area contributed by atoms with Gasteiger partial charge in [-0.05, 0) is 17.7 Å². The van der Waals surface area contributed by atoms with E-state index in [0.717, 1.165) is 6.07 Å². The minimum atomic E-state index is -4.43. The zero-order chi connectivity index (χ0) is 12.2. The summed E-state index contributed by atoms with van der Waals surface area (Å²) in [5.74, 6) is 0. The molecule has 1 aromatic carbocycles. The molecule has 0 heterocycles. The first-order valence-electron chi connectivity index (χ1n) is 3.85. The molecule has 7 nitrogen and oxygen atoms in total. The van der Waals surface area contributed by atoms with Crippen LogP contribution >= 0.6 is 12.0 Å². The Morgan fingerprint density at radius 3 is 2.56 bits per heavy atom. The minimum absolute atomic E-state index is 0.0526. The van der Waals surface area contributed by atoms with Gasteiger partial charge in [-0.3, -0.25) is 4.55 Å². The largest absolute Gasteiger partial charge is 0.392 e. The van der Waals surface area contributed by atoms with Crippen LogP contribution < -0.4 is 0 Å². The summed E-state index contributed by atoms with van der Waals surface area (Å²) in [5.41, 5.74) is 0.0526. The van der Waals surface area contributed by atoms with E-state index >= 15 is 0 Å². The van der Waals surface area contributed by atoms with Gasteiger partial charge in [0.25, 0.3) is 10.1 Å². The Bertz CT molecular complexity index is 456. The second-order valence-corrected chi connectivity index (χ2v) is 4.79. The van der Waals surface area contributed by atoms with E-state index < -0.39 is 21.6 Å². The highest BCUT2D eigenvalue weighted by atomic mass is 32.2. The van der Waals surface area contributed by atoms with E-state index in [1.807, 2.05) is 0 Å². The van der Waals surface area contributed by atoms with Gasteiger partial charge in [0.15, 0.2) is 0 Å². The average molecular weight is 268 g/mol. The van der Waals surface area contributed by atoms with Crippen molar-refractivity contribution in [2.75, 3.05) is 0 Å². The van der Waals surface area contributed by atoms with Crippen molar-refractivity contribution in [3.05, 3.63) is 23.8 Å². The first-order chi connectivity index (χ1) is 7.49. The normalized spacial score (nSPS) is 11.7. The summed E-state index contributed by atoms with van der Waals surface area (Å²) >= 11 is 0.540. The average Bonchev–Trinajstić information content (AvgIpc) is 2.24. The molecule has 0 unspecified atom stereocenters. The van der Waals surface area contributed by atoms with Crippen LogP contribution in [0.25, 0.3) is 0 Å². The molecule has 0 spiro atoms. The number of aliphatic hydroxyl groups is 1. The lowest BCUT2D eigenvalue weighted by atomic mass is 10.2. The smallest absolute Gasteiger partial charge is 0.294 e. The van der Waals surface area contributed by atoms with Gasteiger partial charge < -0.3 is 5.11 Å². The summed E-state index contributed by atoms with van der Waals surface area (Å²) in [6.45, 7) is -0.530. The van der Waals surface area contributed by atoms with Crippen molar-refractivity contribution >= 4 is 22.2 Å². The first kappa shape index (κ1) is 13.4. The van der Waals surface area contributed by atoms with Gasteiger partial charge in [-0.1, -0.05) is 11.1 Å². The van der Waals surface area contributed by atoms with Gasteiger partial charge in [0, 0.05) is 4.90 Å². The monoisotopic (exact) mass is 268 g/mol. The van der Waals surface area contributed by atoms with Crippen LogP contribution in [0, 0.1) is 0 Å². The molecule has 0 bridgehead atoms. The molecule has 0 saturated carbocycles. The summed E-state index contributed by atoms with van der Waals surface area (Å²) in [7, 11) is -4.43. The molecule has 0 saturated heterocycles. The molecule has 0 aliphatic rings. The molecule has 0 amide bonds. The van der Waals surface area contributed by atoms with E-state index in [9.17, 15) is 8.42 Å². The third-order valence-electron chi connectivity index (χ3n) is 1.65. The van der Waals surface area contributed by atoms with Crippen LogP contribution in [-0.2, 0) is 26.1 Å². The highest BCUT2D eigenvalue weighted by molar-refractivity contribution is 7.94. The Labute approximate surface area is 95.4 Å². The van der Waals surface area contributed by atoms with E-state index in [4.69, 9.17) is 14.9 Å². The molecule has 3 N–H and O–H groups in total. The number of hydrogen-bond donors (Lipinski definition) is 3. The standard InChI is InChI=1S/C7H8O7S2/c8-4-5-1-2-6(15-14-13-9)3-7(5)16(10,11)12/h1-3,8-9H,4H2,(H,10,11,12). The van der Waals surface area contributed by atoms with Crippen LogP contribution in [0.15, 0.2) is 28.0 Å². The molecule has 0 radical (unpaired) electrons. The van der Waals surface area contributed by atoms with E-state index in [1.54, 1.807) is 0 Å². The topological polar surface area (TPSA) is 113 Å². The van der Waals surface area contributed by atoms with E-state index in [1.165, 1.54) is 12.1 Å². The van der Waals surface area contributed by atoms with Crippen molar-refractivity contribution in [1.82, 2.24) is 0 Å². The minimum Gasteiger partial charge on any atom is -0.392 e. The van der Waals surface area contributed by atoms with Crippen LogP contribution in [-0.4, -0.2) is 23.3 Å². The van der Waals surface area contributed by atoms with Gasteiger partial charge in [0.1, 0.15) is 4.90 Å². The van der Waals surface area contributed by atoms with Gasteiger partial charge in [-0.25, -0.2) is 5.26 Å². The highest BCUT2D eigenvalue weighted by Gasteiger charge is 2.16. The molecule has 90 valence electrons. The zero-order valence-electron chi connectivity index (χ0n) is 7.73. The molecule has 0 aromatic heterocycles. The highest BCUT2D eigenvalue weighted by Crippen LogP contribution is 2.25. The van der Waals surface area contributed by atoms with Crippen LogP contribution in [0.2, 0.25) is 0 Å². The van der Waals surface area contributed by atoms with Crippen LogP contribution in [0.5, 0.6) is 0 Å². The fraction of sp³-hybridized carbons (Fsp3) is 0.143. The maximum Gasteiger partial charge on any atom is 0.294 e. The lowest BCUT2D eigenvalue weighted by Crippen LogP contribution is -2.03. The van der Waals surface area contributed by atoms with Crippen LogP contribution in [0.3, 0.4) is 0 Å². The van der Waals surface area contributed by atoms with Gasteiger partial charge in [-0.15, -0.1) is 4.33 Å². The number of benzene rings is 1. The van der Waals surface area contributed by atoms with Crippen LogP contribution in [0.4, 0.5) is 0 Å². The SMILES string of the molecule is O=S(=O)(O)c1cc(SOOO)ccc1CO. The predicted octanol–water partition coefficient (Wildman–Crippen LogP) is 0.854. The molecule has 1 rings (SSSR count). The molecule has 0 aliphatic carbocycles. The summed E-state index contributed by atoms with van der Waals surface area (Å²) in [6, 6.07) is 3.79. The van der Waals surface area contributed by atoms with E-state index in [0.29, 0.717) is 12.0 Å². The summed E-state index contributed by atoms with van der Waals surface area (Å²) in [4.78, 5) is -0.166. The fourth-order valence-electron chi connectivity index (χ4n) is 1.01. The first-order valence-corrected chi connectivity index (χ1v) is 6.03. The van der Waals surface area contributed by atoms with Crippen molar-refractivity contribution in [2.45, 2.75) is 16.4 Å². The molecule has 0 fully saturated rings. The maximum atomic E-state index is 11.0. The Kier molecular flexibility index (Phi) is 4.68. The van der Waals surface area contributed by atoms with Crippen LogP contribution in [0.1, 0.15) is 5.56 Å². The molecular weight excluding hydrogens is 260 g/mol. The van der Waals surface area contributed by atoms with Gasteiger partial charge in [-0.2, -0.15) is 8.42 Å². The van der Waals surface area contributed by atoms with Crippen molar-refractivity contribution in [3.8, 4) is 0 Å². The number of hydrogen-bond acceptors (Lipinski definition) is 7.